The number of rotatable bonds is 10. The maximum absolute atomic E-state index is 13.4. The molecule has 1 atom stereocenters. The molecule has 0 bridgehead atoms. The van der Waals surface area contributed by atoms with E-state index >= 15 is 0 Å². The lowest BCUT2D eigenvalue weighted by molar-refractivity contribution is 0.0761. The molecule has 1 fully saturated rings. The summed E-state index contributed by atoms with van der Waals surface area (Å²) in [7, 11) is 1.66. The van der Waals surface area contributed by atoms with E-state index in [4.69, 9.17) is 18.7 Å². The zero-order chi connectivity index (χ0) is 23.2. The molecule has 0 N–H and O–H groups in total. The molecule has 1 unspecified atom stereocenters. The van der Waals surface area contributed by atoms with Crippen LogP contribution in [0.15, 0.2) is 40.9 Å². The number of likely N-dealkylation sites (tertiary alicyclic amines) is 1. The van der Waals surface area contributed by atoms with Crippen LogP contribution in [0.4, 0.5) is 4.39 Å². The summed E-state index contributed by atoms with van der Waals surface area (Å²) in [6.07, 6.45) is 3.01. The van der Waals surface area contributed by atoms with E-state index in [0.29, 0.717) is 24.7 Å². The minimum atomic E-state index is -0.295. The number of ether oxygens (including phenoxy) is 3. The third-order valence-corrected chi connectivity index (χ3v) is 6.39. The summed E-state index contributed by atoms with van der Waals surface area (Å²) in [5.41, 5.74) is 2.57. The van der Waals surface area contributed by atoms with Crippen molar-refractivity contribution in [3.63, 3.8) is 0 Å². The van der Waals surface area contributed by atoms with E-state index in [9.17, 15) is 4.39 Å². The summed E-state index contributed by atoms with van der Waals surface area (Å²) in [5.74, 6) is 1.56. The maximum Gasteiger partial charge on any atom is 0.170 e. The van der Waals surface area contributed by atoms with Gasteiger partial charge in [0.05, 0.1) is 25.5 Å². The minimum Gasteiger partial charge on any atom is -0.493 e. The molecule has 2 heterocycles. The highest BCUT2D eigenvalue weighted by Gasteiger charge is 2.25. The average Bonchev–Trinajstić information content (AvgIpc) is 3.25. The van der Waals surface area contributed by atoms with Crippen LogP contribution in [-0.4, -0.2) is 50.0 Å². The lowest BCUT2D eigenvalue weighted by Gasteiger charge is -2.31. The summed E-state index contributed by atoms with van der Waals surface area (Å²) in [6.45, 7) is 8.34. The Bertz CT molecular complexity index is 1050. The van der Waals surface area contributed by atoms with Crippen LogP contribution in [0.5, 0.6) is 11.5 Å². The third kappa shape index (κ3) is 6.20. The Morgan fingerprint density at radius 3 is 2.68 bits per heavy atom. The first-order valence-electron chi connectivity index (χ1n) is 11.8. The average molecular weight is 493 g/mol. The second kappa shape index (κ2) is 12.4. The first-order valence-corrected chi connectivity index (χ1v) is 11.8. The van der Waals surface area contributed by atoms with Crippen molar-refractivity contribution < 1.29 is 23.1 Å². The van der Waals surface area contributed by atoms with Crippen LogP contribution in [0.2, 0.25) is 0 Å². The molecule has 6 nitrogen and oxygen atoms in total. The van der Waals surface area contributed by atoms with Gasteiger partial charge >= 0.3 is 0 Å². The zero-order valence-corrected chi connectivity index (χ0v) is 20.9. The fourth-order valence-electron chi connectivity index (χ4n) is 4.53. The van der Waals surface area contributed by atoms with E-state index in [0.717, 1.165) is 67.0 Å². The van der Waals surface area contributed by atoms with Crippen LogP contribution in [0.25, 0.3) is 11.0 Å². The van der Waals surface area contributed by atoms with E-state index in [1.54, 1.807) is 13.2 Å². The van der Waals surface area contributed by atoms with Gasteiger partial charge in [-0.25, -0.2) is 4.39 Å². The number of methoxy groups -OCH3 is 1. The SMILES string of the molecule is CCOC(C)c1ccc(OCCCN2CCC(c3noc4cc(F)ccc34)CC2)c(OC)c1.Cl. The topological polar surface area (TPSA) is 57.0 Å². The Morgan fingerprint density at radius 2 is 1.94 bits per heavy atom. The molecule has 0 amide bonds. The van der Waals surface area contributed by atoms with E-state index in [1.165, 1.54) is 12.1 Å². The number of nitrogens with zero attached hydrogens (tertiary/aromatic N) is 2. The van der Waals surface area contributed by atoms with Gasteiger partial charge in [0.15, 0.2) is 17.1 Å². The molecule has 0 spiro atoms. The van der Waals surface area contributed by atoms with Gasteiger partial charge in [0.1, 0.15) is 5.82 Å². The second-order valence-electron chi connectivity index (χ2n) is 8.53. The molecule has 8 heteroatoms. The monoisotopic (exact) mass is 492 g/mol. The predicted molar refractivity (Wildman–Crippen MR) is 133 cm³/mol. The molecule has 0 aliphatic carbocycles. The molecule has 1 aromatic heterocycles. The molecule has 2 aromatic carbocycles. The van der Waals surface area contributed by atoms with Crippen LogP contribution in [-0.2, 0) is 4.74 Å². The Labute approximate surface area is 206 Å². The lowest BCUT2D eigenvalue weighted by Crippen LogP contribution is -2.34. The van der Waals surface area contributed by atoms with Crippen molar-refractivity contribution in [2.75, 3.05) is 40.0 Å². The van der Waals surface area contributed by atoms with Gasteiger partial charge in [-0.1, -0.05) is 11.2 Å². The van der Waals surface area contributed by atoms with Gasteiger partial charge in [-0.2, -0.15) is 0 Å². The van der Waals surface area contributed by atoms with Gasteiger partial charge < -0.3 is 23.6 Å². The first-order chi connectivity index (χ1) is 16.1. The van der Waals surface area contributed by atoms with Crippen molar-refractivity contribution in [1.29, 1.82) is 0 Å². The van der Waals surface area contributed by atoms with E-state index in [-0.39, 0.29) is 24.3 Å². The zero-order valence-electron chi connectivity index (χ0n) is 20.1. The molecule has 4 rings (SSSR count). The van der Waals surface area contributed by atoms with E-state index in [2.05, 4.69) is 10.1 Å². The third-order valence-electron chi connectivity index (χ3n) is 6.39. The highest BCUT2D eigenvalue weighted by atomic mass is 35.5. The van der Waals surface area contributed by atoms with E-state index < -0.39 is 0 Å². The van der Waals surface area contributed by atoms with E-state index in [1.807, 2.05) is 32.0 Å². The number of benzene rings is 2. The van der Waals surface area contributed by atoms with Gasteiger partial charge in [0.2, 0.25) is 0 Å². The largest absolute Gasteiger partial charge is 0.493 e. The molecular formula is C26H34ClFN2O4. The summed E-state index contributed by atoms with van der Waals surface area (Å²) in [5, 5.41) is 5.17. The van der Waals surface area contributed by atoms with Crippen molar-refractivity contribution >= 4 is 23.4 Å². The molecule has 1 aliphatic rings. The van der Waals surface area contributed by atoms with Gasteiger partial charge in [-0.15, -0.1) is 12.4 Å². The smallest absolute Gasteiger partial charge is 0.170 e. The lowest BCUT2D eigenvalue weighted by atomic mass is 9.91. The van der Waals surface area contributed by atoms with Crippen molar-refractivity contribution in [2.45, 2.75) is 45.1 Å². The van der Waals surface area contributed by atoms with Crippen molar-refractivity contribution in [3.8, 4) is 11.5 Å². The molecular weight excluding hydrogens is 459 g/mol. The molecule has 34 heavy (non-hydrogen) atoms. The number of halogens is 2. The van der Waals surface area contributed by atoms with Crippen LogP contribution < -0.4 is 9.47 Å². The van der Waals surface area contributed by atoms with Crippen LogP contribution in [0.1, 0.15) is 56.4 Å². The Hall–Kier alpha value is -2.35. The van der Waals surface area contributed by atoms with Crippen LogP contribution in [0.3, 0.4) is 0 Å². The predicted octanol–water partition coefficient (Wildman–Crippen LogP) is 6.14. The first kappa shape index (κ1) is 26.3. The summed E-state index contributed by atoms with van der Waals surface area (Å²) in [4.78, 5) is 2.46. The fourth-order valence-corrected chi connectivity index (χ4v) is 4.53. The standard InChI is InChI=1S/C26H33FN2O4.ClH/c1-4-31-18(2)20-6-9-23(25(16-20)30-3)32-15-5-12-29-13-10-19(11-14-29)26-22-8-7-21(27)17-24(22)33-28-26;/h6-9,16-19H,4-5,10-15H2,1-3H3;1H. The van der Waals surface area contributed by atoms with Crippen molar-refractivity contribution in [1.82, 2.24) is 10.1 Å². The molecule has 1 aliphatic heterocycles. The molecule has 0 radical (unpaired) electrons. The van der Waals surface area contributed by atoms with Gasteiger partial charge in [0, 0.05) is 30.5 Å². The minimum absolute atomic E-state index is 0. The highest BCUT2D eigenvalue weighted by molar-refractivity contribution is 5.85. The number of hydrogen-bond acceptors (Lipinski definition) is 6. The Kier molecular flexibility index (Phi) is 9.56. The number of hydrogen-bond donors (Lipinski definition) is 0. The highest BCUT2D eigenvalue weighted by Crippen LogP contribution is 2.33. The van der Waals surface area contributed by atoms with Crippen LogP contribution >= 0.6 is 12.4 Å². The number of aromatic nitrogens is 1. The molecule has 3 aromatic rings. The summed E-state index contributed by atoms with van der Waals surface area (Å²) in [6, 6.07) is 10.6. The number of piperidine rings is 1. The second-order valence-corrected chi connectivity index (χ2v) is 8.53. The number of fused-ring (bicyclic) bond motifs is 1. The van der Waals surface area contributed by atoms with Crippen molar-refractivity contribution in [3.05, 3.63) is 53.5 Å². The Balaban J connectivity index is 0.00000324. The van der Waals surface area contributed by atoms with Gasteiger partial charge in [0.25, 0.3) is 0 Å². The fraction of sp³-hybridized carbons (Fsp3) is 0.500. The van der Waals surface area contributed by atoms with Crippen LogP contribution in [0, 0.1) is 5.82 Å². The quantitative estimate of drug-likeness (QED) is 0.317. The molecule has 1 saturated heterocycles. The van der Waals surface area contributed by atoms with Gasteiger partial charge in [-0.3, -0.25) is 0 Å². The normalized spacial score (nSPS) is 15.8. The summed E-state index contributed by atoms with van der Waals surface area (Å²) < 4.78 is 35.9. The van der Waals surface area contributed by atoms with Crippen molar-refractivity contribution in [2.24, 2.45) is 0 Å². The van der Waals surface area contributed by atoms with Gasteiger partial charge in [-0.05, 0) is 76.0 Å². The molecule has 186 valence electrons. The molecule has 0 saturated carbocycles. The maximum atomic E-state index is 13.4. The summed E-state index contributed by atoms with van der Waals surface area (Å²) >= 11 is 0. The Morgan fingerprint density at radius 1 is 1.15 bits per heavy atom.